The van der Waals surface area contributed by atoms with Gasteiger partial charge in [-0.1, -0.05) is 32.9 Å². The van der Waals surface area contributed by atoms with E-state index in [1.807, 2.05) is 12.2 Å². The van der Waals surface area contributed by atoms with Crippen LogP contribution >= 0.6 is 0 Å². The number of nitrogens with zero attached hydrogens (tertiary/aromatic N) is 1. The van der Waals surface area contributed by atoms with Crippen molar-refractivity contribution in [2.75, 3.05) is 26.2 Å². The lowest BCUT2D eigenvalue weighted by atomic mass is 9.71. The molecule has 1 spiro atoms. The zero-order valence-electron chi connectivity index (χ0n) is 16.8. The Hall–Kier alpha value is -0.640. The molecular formula is C22H39NO2. The van der Waals surface area contributed by atoms with Gasteiger partial charge in [0.25, 0.3) is 0 Å². The average molecular weight is 350 g/mol. The molecule has 1 unspecified atom stereocenters. The maximum absolute atomic E-state index is 6.38. The van der Waals surface area contributed by atoms with Gasteiger partial charge < -0.3 is 9.47 Å². The molecule has 1 atom stereocenters. The van der Waals surface area contributed by atoms with Crippen LogP contribution in [0.3, 0.4) is 0 Å². The second-order valence-corrected chi connectivity index (χ2v) is 8.93. The maximum atomic E-state index is 6.38. The maximum Gasteiger partial charge on any atom is 0.168 e. The molecule has 2 fully saturated rings. The van der Waals surface area contributed by atoms with Crippen LogP contribution in [-0.2, 0) is 9.47 Å². The van der Waals surface area contributed by atoms with Crippen molar-refractivity contribution in [2.45, 2.75) is 77.6 Å². The standard InChI is InChI=1S/C22H39NO2/c1-6-15-23(16-7-2)17-9-8-10-20-18-24-22(25-20)13-11-19(12-14-22)21(3,4)5/h6-7,19-20H,1-2,8-18H2,3-5H3. The van der Waals surface area contributed by atoms with Gasteiger partial charge in [0.05, 0.1) is 12.7 Å². The van der Waals surface area contributed by atoms with Gasteiger partial charge in [-0.05, 0) is 50.0 Å². The second kappa shape index (κ2) is 9.34. The van der Waals surface area contributed by atoms with Gasteiger partial charge in [0.1, 0.15) is 0 Å². The third-order valence-electron chi connectivity index (χ3n) is 5.91. The van der Waals surface area contributed by atoms with Crippen LogP contribution in [0.1, 0.15) is 65.7 Å². The monoisotopic (exact) mass is 349 g/mol. The first-order chi connectivity index (χ1) is 11.9. The molecule has 2 rings (SSSR count). The van der Waals surface area contributed by atoms with Gasteiger partial charge in [-0.3, -0.25) is 4.90 Å². The van der Waals surface area contributed by atoms with Crippen LogP contribution in [0.4, 0.5) is 0 Å². The summed E-state index contributed by atoms with van der Waals surface area (Å²) in [5, 5.41) is 0. The molecule has 0 aromatic heterocycles. The fourth-order valence-electron chi connectivity index (χ4n) is 4.27. The van der Waals surface area contributed by atoms with Crippen molar-refractivity contribution in [3.63, 3.8) is 0 Å². The van der Waals surface area contributed by atoms with Crippen LogP contribution in [-0.4, -0.2) is 43.0 Å². The van der Waals surface area contributed by atoms with Crippen LogP contribution in [0, 0.1) is 11.3 Å². The Morgan fingerprint density at radius 3 is 2.28 bits per heavy atom. The highest BCUT2D eigenvalue weighted by molar-refractivity contribution is 4.88. The largest absolute Gasteiger partial charge is 0.347 e. The lowest BCUT2D eigenvalue weighted by Crippen LogP contribution is -2.38. The third kappa shape index (κ3) is 6.23. The predicted molar refractivity (Wildman–Crippen MR) is 106 cm³/mol. The lowest BCUT2D eigenvalue weighted by molar-refractivity contribution is -0.197. The van der Waals surface area contributed by atoms with Crippen molar-refractivity contribution in [2.24, 2.45) is 11.3 Å². The summed E-state index contributed by atoms with van der Waals surface area (Å²) < 4.78 is 12.5. The van der Waals surface area contributed by atoms with Crippen molar-refractivity contribution >= 4 is 0 Å². The number of hydrogen-bond donors (Lipinski definition) is 0. The molecule has 2 aliphatic rings. The molecule has 0 N–H and O–H groups in total. The SMILES string of the molecule is C=CCN(CC=C)CCCCC1COC2(CCC(C(C)(C)C)CC2)O1. The molecule has 0 aromatic carbocycles. The minimum Gasteiger partial charge on any atom is -0.347 e. The van der Waals surface area contributed by atoms with Gasteiger partial charge in [-0.2, -0.15) is 0 Å². The number of unbranched alkanes of at least 4 members (excludes halogenated alkanes) is 1. The van der Waals surface area contributed by atoms with Gasteiger partial charge in [-0.15, -0.1) is 13.2 Å². The summed E-state index contributed by atoms with van der Waals surface area (Å²) in [6.45, 7) is 18.5. The molecule has 25 heavy (non-hydrogen) atoms. The van der Waals surface area contributed by atoms with E-state index in [0.717, 1.165) is 51.4 Å². The molecule has 0 radical (unpaired) electrons. The Labute approximate surface area is 155 Å². The summed E-state index contributed by atoms with van der Waals surface area (Å²) in [5.74, 6) is 0.537. The van der Waals surface area contributed by atoms with E-state index in [4.69, 9.17) is 9.47 Å². The Kier molecular flexibility index (Phi) is 7.72. The van der Waals surface area contributed by atoms with E-state index in [2.05, 4.69) is 38.8 Å². The van der Waals surface area contributed by atoms with E-state index in [9.17, 15) is 0 Å². The number of hydrogen-bond acceptors (Lipinski definition) is 3. The van der Waals surface area contributed by atoms with Gasteiger partial charge in [0.15, 0.2) is 5.79 Å². The number of rotatable bonds is 9. The van der Waals surface area contributed by atoms with E-state index >= 15 is 0 Å². The van der Waals surface area contributed by atoms with E-state index in [-0.39, 0.29) is 5.79 Å². The zero-order valence-corrected chi connectivity index (χ0v) is 16.8. The number of ether oxygens (including phenoxy) is 2. The second-order valence-electron chi connectivity index (χ2n) is 8.93. The van der Waals surface area contributed by atoms with Crippen LogP contribution < -0.4 is 0 Å². The Balaban J connectivity index is 1.66. The van der Waals surface area contributed by atoms with E-state index in [0.29, 0.717) is 11.5 Å². The van der Waals surface area contributed by atoms with Crippen molar-refractivity contribution in [1.82, 2.24) is 4.90 Å². The Morgan fingerprint density at radius 1 is 1.08 bits per heavy atom. The summed E-state index contributed by atoms with van der Waals surface area (Å²) in [4.78, 5) is 2.38. The molecule has 0 aromatic rings. The van der Waals surface area contributed by atoms with Crippen molar-refractivity contribution in [3.05, 3.63) is 25.3 Å². The average Bonchev–Trinajstić information content (AvgIpc) is 2.94. The smallest absolute Gasteiger partial charge is 0.168 e. The van der Waals surface area contributed by atoms with Crippen LogP contribution in [0.5, 0.6) is 0 Å². The van der Waals surface area contributed by atoms with Gasteiger partial charge >= 0.3 is 0 Å². The highest BCUT2D eigenvalue weighted by Gasteiger charge is 2.45. The van der Waals surface area contributed by atoms with Gasteiger partial charge in [-0.25, -0.2) is 0 Å². The molecule has 1 aliphatic heterocycles. The quantitative estimate of drug-likeness (QED) is 0.423. The summed E-state index contributed by atoms with van der Waals surface area (Å²) in [5.41, 5.74) is 0.405. The topological polar surface area (TPSA) is 21.7 Å². The summed E-state index contributed by atoms with van der Waals surface area (Å²) in [7, 11) is 0. The van der Waals surface area contributed by atoms with E-state index in [1.54, 1.807) is 0 Å². The van der Waals surface area contributed by atoms with E-state index < -0.39 is 0 Å². The molecule has 3 nitrogen and oxygen atoms in total. The molecule has 1 saturated carbocycles. The van der Waals surface area contributed by atoms with Crippen LogP contribution in [0.15, 0.2) is 25.3 Å². The van der Waals surface area contributed by atoms with Crippen molar-refractivity contribution < 1.29 is 9.47 Å². The highest BCUT2D eigenvalue weighted by atomic mass is 16.7. The highest BCUT2D eigenvalue weighted by Crippen LogP contribution is 2.45. The molecule has 1 aliphatic carbocycles. The van der Waals surface area contributed by atoms with Crippen LogP contribution in [0.25, 0.3) is 0 Å². The first-order valence-electron chi connectivity index (χ1n) is 10.1. The molecule has 0 bridgehead atoms. The lowest BCUT2D eigenvalue weighted by Gasteiger charge is -2.41. The molecule has 0 amide bonds. The minimum atomic E-state index is -0.260. The molecule has 3 heteroatoms. The fraction of sp³-hybridized carbons (Fsp3) is 0.818. The van der Waals surface area contributed by atoms with Crippen molar-refractivity contribution in [1.29, 1.82) is 0 Å². The molecule has 1 heterocycles. The van der Waals surface area contributed by atoms with Crippen LogP contribution in [0.2, 0.25) is 0 Å². The summed E-state index contributed by atoms with van der Waals surface area (Å²) in [6, 6.07) is 0. The fourth-order valence-corrected chi connectivity index (χ4v) is 4.27. The summed E-state index contributed by atoms with van der Waals surface area (Å²) in [6.07, 6.45) is 12.3. The van der Waals surface area contributed by atoms with Gasteiger partial charge in [0.2, 0.25) is 0 Å². The third-order valence-corrected chi connectivity index (χ3v) is 5.91. The van der Waals surface area contributed by atoms with Gasteiger partial charge in [0, 0.05) is 25.9 Å². The van der Waals surface area contributed by atoms with Crippen molar-refractivity contribution in [3.8, 4) is 0 Å². The zero-order chi connectivity index (χ0) is 18.3. The Morgan fingerprint density at radius 2 is 1.72 bits per heavy atom. The van der Waals surface area contributed by atoms with E-state index in [1.165, 1.54) is 25.7 Å². The molecular weight excluding hydrogens is 310 g/mol. The minimum absolute atomic E-state index is 0.260. The first-order valence-corrected chi connectivity index (χ1v) is 10.1. The Bertz CT molecular complexity index is 408. The molecule has 144 valence electrons. The first kappa shape index (κ1) is 20.7. The normalized spacial score (nSPS) is 30.1. The predicted octanol–water partition coefficient (Wildman–Crippen LogP) is 5.18. The summed E-state index contributed by atoms with van der Waals surface area (Å²) >= 11 is 0. The molecule has 1 saturated heterocycles.